The molecular weight excluding hydrogens is 238 g/mol. The molecule has 0 bridgehead atoms. The molecule has 1 aliphatic rings. The van der Waals surface area contributed by atoms with Gasteiger partial charge in [-0.1, -0.05) is 30.3 Å². The van der Waals surface area contributed by atoms with Gasteiger partial charge in [0.2, 0.25) is 0 Å². The Morgan fingerprint density at radius 1 is 1.16 bits per heavy atom. The largest absolute Gasteiger partial charge is 0.457 e. The summed E-state index contributed by atoms with van der Waals surface area (Å²) in [6.45, 7) is 1.26. The van der Waals surface area contributed by atoms with E-state index in [0.29, 0.717) is 12.2 Å². The first-order valence-corrected chi connectivity index (χ1v) is 6.41. The van der Waals surface area contributed by atoms with Crippen LogP contribution in [0.3, 0.4) is 0 Å². The zero-order chi connectivity index (χ0) is 13.1. The molecule has 2 aromatic rings. The summed E-state index contributed by atoms with van der Waals surface area (Å²) in [6.07, 6.45) is 0.967. The quantitative estimate of drug-likeness (QED) is 0.854. The third-order valence-electron chi connectivity index (χ3n) is 3.26. The fourth-order valence-electron chi connectivity index (χ4n) is 2.24. The van der Waals surface area contributed by atoms with Crippen LogP contribution in [-0.4, -0.2) is 12.5 Å². The maximum absolute atomic E-state index is 12.0. The van der Waals surface area contributed by atoms with Crippen LogP contribution in [0, 0.1) is 0 Å². The predicted octanol–water partition coefficient (Wildman–Crippen LogP) is 3.01. The summed E-state index contributed by atoms with van der Waals surface area (Å²) in [7, 11) is 0. The summed E-state index contributed by atoms with van der Waals surface area (Å²) in [5.74, 6) is -0.265. The molecule has 0 fully saturated rings. The van der Waals surface area contributed by atoms with Gasteiger partial charge in [-0.2, -0.15) is 0 Å². The minimum Gasteiger partial charge on any atom is -0.457 e. The molecule has 0 aliphatic carbocycles. The second kappa shape index (κ2) is 5.14. The lowest BCUT2D eigenvalue weighted by atomic mass is 10.1. The molecule has 0 unspecified atom stereocenters. The van der Waals surface area contributed by atoms with Crippen LogP contribution in [0.5, 0.6) is 0 Å². The average molecular weight is 253 g/mol. The summed E-state index contributed by atoms with van der Waals surface area (Å²) in [5, 5.41) is 3.27. The molecule has 0 aromatic heterocycles. The SMILES string of the molecule is O=C(OCc1ccccc1)c1ccc2c(c1)CCN2. The van der Waals surface area contributed by atoms with E-state index in [1.165, 1.54) is 5.56 Å². The van der Waals surface area contributed by atoms with E-state index in [0.717, 1.165) is 24.2 Å². The molecule has 2 aromatic carbocycles. The van der Waals surface area contributed by atoms with E-state index in [4.69, 9.17) is 4.74 Å². The topological polar surface area (TPSA) is 38.3 Å². The fraction of sp³-hybridized carbons (Fsp3) is 0.188. The van der Waals surface area contributed by atoms with Crippen molar-refractivity contribution in [2.45, 2.75) is 13.0 Å². The molecule has 0 atom stereocenters. The number of fused-ring (bicyclic) bond motifs is 1. The highest BCUT2D eigenvalue weighted by Gasteiger charge is 2.14. The number of anilines is 1. The lowest BCUT2D eigenvalue weighted by molar-refractivity contribution is 0.0472. The molecule has 19 heavy (non-hydrogen) atoms. The van der Waals surface area contributed by atoms with Gasteiger partial charge in [0, 0.05) is 12.2 Å². The molecule has 96 valence electrons. The second-order valence-electron chi connectivity index (χ2n) is 4.61. The van der Waals surface area contributed by atoms with Gasteiger partial charge < -0.3 is 10.1 Å². The molecule has 0 spiro atoms. The Kier molecular flexibility index (Phi) is 3.19. The normalized spacial score (nSPS) is 12.6. The Labute approximate surface area is 112 Å². The number of benzene rings is 2. The maximum atomic E-state index is 12.0. The zero-order valence-electron chi connectivity index (χ0n) is 10.6. The van der Waals surface area contributed by atoms with Crippen molar-refractivity contribution in [3.63, 3.8) is 0 Å². The Bertz CT molecular complexity index is 593. The van der Waals surface area contributed by atoms with E-state index in [-0.39, 0.29) is 5.97 Å². The molecular formula is C16H15NO2. The molecule has 0 saturated heterocycles. The van der Waals surface area contributed by atoms with Crippen molar-refractivity contribution < 1.29 is 9.53 Å². The van der Waals surface area contributed by atoms with Gasteiger partial charge in [-0.05, 0) is 35.7 Å². The highest BCUT2D eigenvalue weighted by Crippen LogP contribution is 2.23. The van der Waals surface area contributed by atoms with Crippen LogP contribution in [0.15, 0.2) is 48.5 Å². The minimum absolute atomic E-state index is 0.265. The van der Waals surface area contributed by atoms with Crippen molar-refractivity contribution >= 4 is 11.7 Å². The number of ether oxygens (including phenoxy) is 1. The molecule has 0 radical (unpaired) electrons. The maximum Gasteiger partial charge on any atom is 0.338 e. The Morgan fingerprint density at radius 2 is 2.00 bits per heavy atom. The van der Waals surface area contributed by atoms with Crippen molar-refractivity contribution in [3.8, 4) is 0 Å². The van der Waals surface area contributed by atoms with Crippen molar-refractivity contribution in [2.24, 2.45) is 0 Å². The van der Waals surface area contributed by atoms with Crippen LogP contribution in [0.25, 0.3) is 0 Å². The molecule has 0 saturated carbocycles. The van der Waals surface area contributed by atoms with Gasteiger partial charge in [-0.15, -0.1) is 0 Å². The smallest absolute Gasteiger partial charge is 0.338 e. The first-order valence-electron chi connectivity index (χ1n) is 6.41. The summed E-state index contributed by atoms with van der Waals surface area (Å²) < 4.78 is 5.31. The van der Waals surface area contributed by atoms with Crippen LogP contribution < -0.4 is 5.32 Å². The number of rotatable bonds is 3. The number of hydrogen-bond acceptors (Lipinski definition) is 3. The number of hydrogen-bond donors (Lipinski definition) is 1. The van der Waals surface area contributed by atoms with Gasteiger partial charge >= 0.3 is 5.97 Å². The van der Waals surface area contributed by atoms with Gasteiger partial charge in [-0.25, -0.2) is 4.79 Å². The van der Waals surface area contributed by atoms with Gasteiger partial charge in [0.25, 0.3) is 0 Å². The molecule has 3 heteroatoms. The van der Waals surface area contributed by atoms with Crippen molar-refractivity contribution in [3.05, 3.63) is 65.2 Å². The van der Waals surface area contributed by atoms with E-state index >= 15 is 0 Å². The zero-order valence-corrected chi connectivity index (χ0v) is 10.6. The van der Waals surface area contributed by atoms with Gasteiger partial charge in [0.1, 0.15) is 6.61 Å². The Balaban J connectivity index is 1.67. The lowest BCUT2D eigenvalue weighted by Gasteiger charge is -2.06. The minimum atomic E-state index is -0.265. The number of carbonyl (C=O) groups excluding carboxylic acids is 1. The first kappa shape index (κ1) is 11.8. The Hall–Kier alpha value is -2.29. The van der Waals surface area contributed by atoms with Crippen LogP contribution in [0.2, 0.25) is 0 Å². The van der Waals surface area contributed by atoms with E-state index in [1.54, 1.807) is 0 Å². The van der Waals surface area contributed by atoms with E-state index in [2.05, 4.69) is 5.32 Å². The molecule has 0 amide bonds. The molecule has 3 nitrogen and oxygen atoms in total. The monoisotopic (exact) mass is 253 g/mol. The van der Waals surface area contributed by atoms with Crippen LogP contribution in [-0.2, 0) is 17.8 Å². The predicted molar refractivity (Wildman–Crippen MR) is 74.2 cm³/mol. The summed E-state index contributed by atoms with van der Waals surface area (Å²) in [4.78, 5) is 12.0. The van der Waals surface area contributed by atoms with E-state index < -0.39 is 0 Å². The summed E-state index contributed by atoms with van der Waals surface area (Å²) >= 11 is 0. The number of nitrogens with one attached hydrogen (secondary N) is 1. The number of carbonyl (C=O) groups is 1. The molecule has 1 aliphatic heterocycles. The summed E-state index contributed by atoms with van der Waals surface area (Å²) in [6, 6.07) is 15.4. The van der Waals surface area contributed by atoms with Crippen molar-refractivity contribution in [1.29, 1.82) is 0 Å². The highest BCUT2D eigenvalue weighted by molar-refractivity contribution is 5.90. The van der Waals surface area contributed by atoms with Gasteiger partial charge in [0.05, 0.1) is 5.56 Å². The van der Waals surface area contributed by atoms with Crippen LogP contribution in [0.1, 0.15) is 21.5 Å². The standard InChI is InChI=1S/C16H15NO2/c18-16(19-11-12-4-2-1-3-5-12)14-6-7-15-13(10-14)8-9-17-15/h1-7,10,17H,8-9,11H2. The lowest BCUT2D eigenvalue weighted by Crippen LogP contribution is -2.05. The van der Waals surface area contributed by atoms with Crippen LogP contribution >= 0.6 is 0 Å². The second-order valence-corrected chi connectivity index (χ2v) is 4.61. The average Bonchev–Trinajstić information content (AvgIpc) is 2.93. The molecule has 1 N–H and O–H groups in total. The van der Waals surface area contributed by atoms with Crippen LogP contribution in [0.4, 0.5) is 5.69 Å². The first-order chi connectivity index (χ1) is 9.33. The third-order valence-corrected chi connectivity index (χ3v) is 3.26. The highest BCUT2D eigenvalue weighted by atomic mass is 16.5. The van der Waals surface area contributed by atoms with Gasteiger partial charge in [-0.3, -0.25) is 0 Å². The third kappa shape index (κ3) is 2.60. The Morgan fingerprint density at radius 3 is 2.84 bits per heavy atom. The number of esters is 1. The molecule has 3 rings (SSSR count). The summed E-state index contributed by atoms with van der Waals surface area (Å²) in [5.41, 5.74) is 3.94. The van der Waals surface area contributed by atoms with Crippen molar-refractivity contribution in [2.75, 3.05) is 11.9 Å². The van der Waals surface area contributed by atoms with Crippen molar-refractivity contribution in [1.82, 2.24) is 0 Å². The molecule has 1 heterocycles. The van der Waals surface area contributed by atoms with Gasteiger partial charge in [0.15, 0.2) is 0 Å². The van der Waals surface area contributed by atoms with E-state index in [9.17, 15) is 4.79 Å². The van der Waals surface area contributed by atoms with E-state index in [1.807, 2.05) is 48.5 Å². The fourth-order valence-corrected chi connectivity index (χ4v) is 2.24.